The second-order valence-corrected chi connectivity index (χ2v) is 8.13. The summed E-state index contributed by atoms with van der Waals surface area (Å²) in [7, 11) is 0. The number of anilines is 1. The molecule has 1 amide bonds. The van der Waals surface area contributed by atoms with Gasteiger partial charge < -0.3 is 9.47 Å². The molecule has 5 nitrogen and oxygen atoms in total. The highest BCUT2D eigenvalue weighted by molar-refractivity contribution is 7.22. The number of benzene rings is 2. The summed E-state index contributed by atoms with van der Waals surface area (Å²) in [5.41, 5.74) is 2.00. The maximum Gasteiger partial charge on any atom is 0.269 e. The van der Waals surface area contributed by atoms with Crippen LogP contribution in [0.3, 0.4) is 0 Å². The molecule has 1 aromatic heterocycles. The standard InChI is InChI=1S/C22H24N2O3S/c1-15-7-5-8-17(13-15)27-16(2)21(25)24(14-18-9-6-12-26-18)22-23-19-10-3-4-11-20(19)28-22/h3-5,7-8,10-11,13,16,18H,6,9,12,14H2,1-2H3/t16-,18+/m0/s1. The predicted molar refractivity (Wildman–Crippen MR) is 112 cm³/mol. The Morgan fingerprint density at radius 3 is 2.93 bits per heavy atom. The van der Waals surface area contributed by atoms with Crippen molar-refractivity contribution < 1.29 is 14.3 Å². The summed E-state index contributed by atoms with van der Waals surface area (Å²) in [6.45, 7) is 5.05. The third kappa shape index (κ3) is 4.18. The van der Waals surface area contributed by atoms with Crippen molar-refractivity contribution >= 4 is 32.6 Å². The van der Waals surface area contributed by atoms with Crippen molar-refractivity contribution in [2.45, 2.75) is 38.9 Å². The second kappa shape index (κ2) is 8.29. The summed E-state index contributed by atoms with van der Waals surface area (Å²) < 4.78 is 12.8. The van der Waals surface area contributed by atoms with E-state index < -0.39 is 6.10 Å². The molecule has 6 heteroatoms. The Morgan fingerprint density at radius 2 is 2.18 bits per heavy atom. The fraction of sp³-hybridized carbons (Fsp3) is 0.364. The van der Waals surface area contributed by atoms with Gasteiger partial charge in [0, 0.05) is 6.61 Å². The molecule has 0 unspecified atom stereocenters. The Morgan fingerprint density at radius 1 is 1.32 bits per heavy atom. The average Bonchev–Trinajstić information content (AvgIpc) is 3.34. The van der Waals surface area contributed by atoms with Crippen molar-refractivity contribution in [3.05, 3.63) is 54.1 Å². The van der Waals surface area contributed by atoms with Gasteiger partial charge in [0.25, 0.3) is 5.91 Å². The largest absolute Gasteiger partial charge is 0.481 e. The van der Waals surface area contributed by atoms with Crippen molar-refractivity contribution in [3.8, 4) is 5.75 Å². The Bertz CT molecular complexity index is 932. The van der Waals surface area contributed by atoms with E-state index in [1.54, 1.807) is 11.8 Å². The minimum atomic E-state index is -0.616. The number of hydrogen-bond acceptors (Lipinski definition) is 5. The third-order valence-corrected chi connectivity index (χ3v) is 5.90. The molecule has 2 aromatic carbocycles. The van der Waals surface area contributed by atoms with Crippen molar-refractivity contribution in [2.24, 2.45) is 0 Å². The van der Waals surface area contributed by atoms with Crippen molar-refractivity contribution in [2.75, 3.05) is 18.1 Å². The number of rotatable bonds is 6. The number of ether oxygens (including phenoxy) is 2. The molecule has 1 saturated heterocycles. The van der Waals surface area contributed by atoms with E-state index in [4.69, 9.17) is 14.5 Å². The van der Waals surface area contributed by atoms with Gasteiger partial charge in [-0.05, 0) is 56.5 Å². The first-order valence-electron chi connectivity index (χ1n) is 9.62. The number of para-hydroxylation sites is 1. The highest BCUT2D eigenvalue weighted by Gasteiger charge is 2.30. The van der Waals surface area contributed by atoms with Crippen LogP contribution in [0, 0.1) is 6.92 Å². The van der Waals surface area contributed by atoms with Crippen LogP contribution in [0.2, 0.25) is 0 Å². The lowest BCUT2D eigenvalue weighted by atomic mass is 10.2. The minimum Gasteiger partial charge on any atom is -0.481 e. The number of aryl methyl sites for hydroxylation is 1. The molecule has 0 bridgehead atoms. The van der Waals surface area contributed by atoms with Crippen molar-refractivity contribution in [1.29, 1.82) is 0 Å². The molecule has 2 heterocycles. The van der Waals surface area contributed by atoms with Crippen molar-refractivity contribution in [3.63, 3.8) is 0 Å². The molecule has 4 rings (SSSR count). The monoisotopic (exact) mass is 396 g/mol. The lowest BCUT2D eigenvalue weighted by Crippen LogP contribution is -2.44. The topological polar surface area (TPSA) is 51.7 Å². The summed E-state index contributed by atoms with van der Waals surface area (Å²) in [5, 5.41) is 0.696. The van der Waals surface area contributed by atoms with Crippen LogP contribution in [-0.2, 0) is 9.53 Å². The Hall–Kier alpha value is -2.44. The number of hydrogen-bond donors (Lipinski definition) is 0. The molecule has 0 spiro atoms. The zero-order valence-electron chi connectivity index (χ0n) is 16.1. The van der Waals surface area contributed by atoms with Gasteiger partial charge in [0.2, 0.25) is 0 Å². The van der Waals surface area contributed by atoms with E-state index in [9.17, 15) is 4.79 Å². The molecule has 2 atom stereocenters. The first-order valence-corrected chi connectivity index (χ1v) is 10.4. The fourth-order valence-electron chi connectivity index (χ4n) is 3.39. The van der Waals surface area contributed by atoms with Gasteiger partial charge in [0.15, 0.2) is 11.2 Å². The number of nitrogens with zero attached hydrogens (tertiary/aromatic N) is 2. The molecule has 0 aliphatic carbocycles. The number of fused-ring (bicyclic) bond motifs is 1. The SMILES string of the molecule is Cc1cccc(O[C@@H](C)C(=O)N(C[C@H]2CCCO2)c2nc3ccccc3s2)c1. The summed E-state index contributed by atoms with van der Waals surface area (Å²) >= 11 is 1.53. The number of amides is 1. The van der Waals surface area contributed by atoms with E-state index in [1.165, 1.54) is 11.3 Å². The van der Waals surface area contributed by atoms with E-state index in [1.807, 2.05) is 55.5 Å². The van der Waals surface area contributed by atoms with Crippen LogP contribution in [0.15, 0.2) is 48.5 Å². The van der Waals surface area contributed by atoms with Crippen LogP contribution >= 0.6 is 11.3 Å². The lowest BCUT2D eigenvalue weighted by molar-refractivity contribution is -0.125. The minimum absolute atomic E-state index is 0.0436. The molecule has 146 valence electrons. The van der Waals surface area contributed by atoms with Gasteiger partial charge in [0.05, 0.1) is 22.9 Å². The van der Waals surface area contributed by atoms with Crippen LogP contribution in [0.5, 0.6) is 5.75 Å². The zero-order chi connectivity index (χ0) is 19.5. The van der Waals surface area contributed by atoms with E-state index in [-0.39, 0.29) is 12.0 Å². The van der Waals surface area contributed by atoms with Gasteiger partial charge in [0.1, 0.15) is 5.75 Å². The quantitative estimate of drug-likeness (QED) is 0.612. The van der Waals surface area contributed by atoms with Crippen LogP contribution in [0.25, 0.3) is 10.2 Å². The third-order valence-electron chi connectivity index (χ3n) is 4.84. The fourth-order valence-corrected chi connectivity index (χ4v) is 4.37. The van der Waals surface area contributed by atoms with E-state index in [2.05, 4.69) is 0 Å². The molecule has 1 aliphatic heterocycles. The van der Waals surface area contributed by atoms with Crippen LogP contribution < -0.4 is 9.64 Å². The second-order valence-electron chi connectivity index (χ2n) is 7.12. The van der Waals surface area contributed by atoms with Crippen molar-refractivity contribution in [1.82, 2.24) is 4.98 Å². The Kier molecular flexibility index (Phi) is 5.59. The molecule has 0 N–H and O–H groups in total. The number of thiazole rings is 1. The lowest BCUT2D eigenvalue weighted by Gasteiger charge is -2.26. The van der Waals surface area contributed by atoms with Gasteiger partial charge in [-0.15, -0.1) is 0 Å². The average molecular weight is 397 g/mol. The Labute approximate surface area is 168 Å². The molecular weight excluding hydrogens is 372 g/mol. The molecule has 1 aliphatic rings. The van der Waals surface area contributed by atoms with E-state index in [0.717, 1.165) is 35.2 Å². The van der Waals surface area contributed by atoms with Crippen LogP contribution in [0.1, 0.15) is 25.3 Å². The van der Waals surface area contributed by atoms with Gasteiger partial charge in [-0.1, -0.05) is 35.6 Å². The highest BCUT2D eigenvalue weighted by atomic mass is 32.1. The number of carbonyl (C=O) groups is 1. The normalized spacial score (nSPS) is 17.6. The summed E-state index contributed by atoms with van der Waals surface area (Å²) in [6.07, 6.45) is 1.42. The molecule has 1 fully saturated rings. The molecule has 0 radical (unpaired) electrons. The molecule has 28 heavy (non-hydrogen) atoms. The van der Waals surface area contributed by atoms with E-state index in [0.29, 0.717) is 17.4 Å². The molecular formula is C22H24N2O3S. The highest BCUT2D eigenvalue weighted by Crippen LogP contribution is 2.30. The van der Waals surface area contributed by atoms with Crippen LogP contribution in [0.4, 0.5) is 5.13 Å². The van der Waals surface area contributed by atoms with E-state index >= 15 is 0 Å². The summed E-state index contributed by atoms with van der Waals surface area (Å²) in [5.74, 6) is 0.596. The number of carbonyl (C=O) groups excluding carboxylic acids is 1. The van der Waals surface area contributed by atoms with Gasteiger partial charge in [-0.2, -0.15) is 0 Å². The Balaban J connectivity index is 1.58. The summed E-state index contributed by atoms with van der Waals surface area (Å²) in [4.78, 5) is 19.7. The van der Waals surface area contributed by atoms with Gasteiger partial charge >= 0.3 is 0 Å². The smallest absolute Gasteiger partial charge is 0.269 e. The first kappa shape index (κ1) is 18.9. The number of aromatic nitrogens is 1. The molecule has 0 saturated carbocycles. The maximum absolute atomic E-state index is 13.3. The van der Waals surface area contributed by atoms with Gasteiger partial charge in [-0.25, -0.2) is 4.98 Å². The first-order chi connectivity index (χ1) is 13.6. The summed E-state index contributed by atoms with van der Waals surface area (Å²) in [6, 6.07) is 15.7. The van der Waals surface area contributed by atoms with Gasteiger partial charge in [-0.3, -0.25) is 9.69 Å². The predicted octanol–water partition coefficient (Wildman–Crippen LogP) is 4.58. The zero-order valence-corrected chi connectivity index (χ0v) is 16.9. The molecule has 3 aromatic rings. The maximum atomic E-state index is 13.3. The van der Waals surface area contributed by atoms with Crippen LogP contribution in [-0.4, -0.2) is 36.3 Å².